The Labute approximate surface area is 224 Å². The Kier molecular flexibility index (Phi) is 8.73. The van der Waals surface area contributed by atoms with Gasteiger partial charge in [-0.15, -0.1) is 0 Å². The van der Waals surface area contributed by atoms with Gasteiger partial charge in [-0.2, -0.15) is 0 Å². The highest BCUT2D eigenvalue weighted by Gasteiger charge is 2.28. The minimum atomic E-state index is -0.970. The summed E-state index contributed by atoms with van der Waals surface area (Å²) in [4.78, 5) is 42.8. The summed E-state index contributed by atoms with van der Waals surface area (Å²) in [6.07, 6.45) is 1.88. The monoisotopic (exact) mass is 526 g/mol. The molecular weight excluding hydrogens is 500 g/mol. The van der Waals surface area contributed by atoms with Crippen LogP contribution in [0.1, 0.15) is 29.3 Å². The van der Waals surface area contributed by atoms with Gasteiger partial charge < -0.3 is 15.4 Å². The summed E-state index contributed by atoms with van der Waals surface area (Å²) in [5, 5.41) is 14.1. The Hall–Kier alpha value is -4.63. The molecule has 1 atom stereocenters. The molecule has 3 N–H and O–H groups in total. The molecule has 0 spiro atoms. The third-order valence-corrected chi connectivity index (χ3v) is 6.64. The number of nitrogens with zero attached hydrogens (tertiary/aromatic N) is 1. The van der Waals surface area contributed by atoms with Crippen molar-refractivity contribution in [3.63, 3.8) is 0 Å². The van der Waals surface area contributed by atoms with Crippen LogP contribution >= 0.6 is 11.3 Å². The van der Waals surface area contributed by atoms with Crippen molar-refractivity contribution in [2.75, 3.05) is 10.6 Å². The smallest absolute Gasteiger partial charge is 0.353 e. The van der Waals surface area contributed by atoms with Gasteiger partial charge in [-0.3, -0.25) is 15.0 Å². The molecule has 8 nitrogen and oxygen atoms in total. The zero-order chi connectivity index (χ0) is 26.9. The average molecular weight is 527 g/mol. The van der Waals surface area contributed by atoms with Crippen LogP contribution in [0.2, 0.25) is 0 Å². The van der Waals surface area contributed by atoms with Gasteiger partial charge in [0.1, 0.15) is 12.3 Å². The van der Waals surface area contributed by atoms with Crippen LogP contribution < -0.4 is 10.6 Å². The summed E-state index contributed by atoms with van der Waals surface area (Å²) < 4.78 is 5.22. The van der Waals surface area contributed by atoms with Gasteiger partial charge in [-0.1, -0.05) is 78.9 Å². The molecule has 2 amide bonds. The van der Waals surface area contributed by atoms with Gasteiger partial charge in [0.05, 0.1) is 10.8 Å². The first-order chi connectivity index (χ1) is 18.4. The second kappa shape index (κ2) is 12.6. The van der Waals surface area contributed by atoms with Crippen LogP contribution in [0.15, 0.2) is 91.1 Å². The van der Waals surface area contributed by atoms with Gasteiger partial charge in [0, 0.05) is 17.4 Å². The van der Waals surface area contributed by atoms with E-state index in [4.69, 9.17) is 10.1 Å². The van der Waals surface area contributed by atoms with Crippen LogP contribution in [0.4, 0.5) is 10.8 Å². The van der Waals surface area contributed by atoms with E-state index in [-0.39, 0.29) is 18.9 Å². The Morgan fingerprint density at radius 2 is 1.66 bits per heavy atom. The maximum absolute atomic E-state index is 12.9. The van der Waals surface area contributed by atoms with E-state index in [1.54, 1.807) is 43.5 Å². The van der Waals surface area contributed by atoms with Crippen molar-refractivity contribution in [1.82, 2.24) is 4.98 Å². The van der Waals surface area contributed by atoms with Crippen LogP contribution in [0.5, 0.6) is 0 Å². The van der Waals surface area contributed by atoms with Crippen molar-refractivity contribution in [1.29, 1.82) is 5.41 Å². The van der Waals surface area contributed by atoms with E-state index in [0.717, 1.165) is 16.0 Å². The molecule has 0 aliphatic heterocycles. The molecule has 3 aromatic carbocycles. The van der Waals surface area contributed by atoms with E-state index in [9.17, 15) is 14.4 Å². The highest BCUT2D eigenvalue weighted by molar-refractivity contribution is 7.19. The molecule has 1 heterocycles. The number of anilines is 2. The zero-order valence-corrected chi connectivity index (χ0v) is 21.5. The van der Waals surface area contributed by atoms with Gasteiger partial charge in [0.15, 0.2) is 5.13 Å². The van der Waals surface area contributed by atoms with Gasteiger partial charge in [-0.25, -0.2) is 9.78 Å². The summed E-state index contributed by atoms with van der Waals surface area (Å²) in [6.45, 7) is 1.76. The highest BCUT2D eigenvalue weighted by atomic mass is 32.1. The van der Waals surface area contributed by atoms with Crippen LogP contribution in [0.3, 0.4) is 0 Å². The predicted molar refractivity (Wildman–Crippen MR) is 148 cm³/mol. The van der Waals surface area contributed by atoms with Crippen LogP contribution in [-0.4, -0.2) is 28.5 Å². The largest absolute Gasteiger partial charge is 0.456 e. The molecule has 0 radical (unpaired) electrons. The third-order valence-electron chi connectivity index (χ3n) is 5.68. The quantitative estimate of drug-likeness (QED) is 0.178. The number of esters is 1. The van der Waals surface area contributed by atoms with Crippen LogP contribution in [-0.2, 0) is 20.9 Å². The number of ether oxygens (including phenoxy) is 1. The molecular formula is C29H26N4O4S. The lowest BCUT2D eigenvalue weighted by atomic mass is 9.99. The van der Waals surface area contributed by atoms with Gasteiger partial charge >= 0.3 is 5.97 Å². The first kappa shape index (κ1) is 26.4. The minimum Gasteiger partial charge on any atom is -0.456 e. The molecule has 4 rings (SSSR count). The molecule has 9 heteroatoms. The zero-order valence-electron chi connectivity index (χ0n) is 20.6. The van der Waals surface area contributed by atoms with Crippen molar-refractivity contribution in [2.45, 2.75) is 20.0 Å². The lowest BCUT2D eigenvalue weighted by Gasteiger charge is -2.14. The highest BCUT2D eigenvalue weighted by Crippen LogP contribution is 2.31. The first-order valence-electron chi connectivity index (χ1n) is 12.0. The predicted octanol–water partition coefficient (Wildman–Crippen LogP) is 5.79. The number of amides is 2. The van der Waals surface area contributed by atoms with E-state index >= 15 is 0 Å². The van der Waals surface area contributed by atoms with E-state index < -0.39 is 23.5 Å². The lowest BCUT2D eigenvalue weighted by molar-refractivity contribution is -0.137. The van der Waals surface area contributed by atoms with Crippen molar-refractivity contribution < 1.29 is 19.1 Å². The lowest BCUT2D eigenvalue weighted by Crippen LogP contribution is -2.34. The van der Waals surface area contributed by atoms with Crippen molar-refractivity contribution in [3.8, 4) is 10.4 Å². The Balaban J connectivity index is 1.37. The number of aromatic nitrogens is 1. The van der Waals surface area contributed by atoms with Gasteiger partial charge in [0.25, 0.3) is 5.91 Å². The SMILES string of the molecule is CC[C@@H](C(=N)C(=O)OCc1ccccc1)C(=O)Nc1ncc(-c2cccc(NC(=O)c3ccccc3)c2)s1. The molecule has 0 unspecified atom stereocenters. The van der Waals surface area contributed by atoms with Crippen molar-refractivity contribution >= 4 is 45.7 Å². The average Bonchev–Trinajstić information content (AvgIpc) is 3.41. The summed E-state index contributed by atoms with van der Waals surface area (Å²) in [6, 6.07) is 25.4. The normalized spacial score (nSPS) is 11.3. The van der Waals surface area contributed by atoms with E-state index in [2.05, 4.69) is 15.6 Å². The summed E-state index contributed by atoms with van der Waals surface area (Å²) >= 11 is 1.25. The minimum absolute atomic E-state index is 0.0286. The number of carbonyl (C=O) groups excluding carboxylic acids is 3. The standard InChI is InChI=1S/C29H26N4O4S/c1-2-23(25(30)28(36)37-18-19-10-5-3-6-11-19)27(35)33-29-31-17-24(38-29)21-14-9-15-22(16-21)32-26(34)20-12-7-4-8-13-20/h3-17,23,30H,2,18H2,1H3,(H,32,34)(H,31,33,35)/t23-/m0/s1. The van der Waals surface area contributed by atoms with Crippen molar-refractivity contribution in [2.24, 2.45) is 5.92 Å². The Morgan fingerprint density at radius 3 is 2.37 bits per heavy atom. The molecule has 0 aliphatic rings. The van der Waals surface area contributed by atoms with Gasteiger partial charge in [0.2, 0.25) is 5.91 Å². The number of rotatable bonds is 10. The molecule has 38 heavy (non-hydrogen) atoms. The molecule has 0 bridgehead atoms. The topological polar surface area (TPSA) is 121 Å². The number of nitrogens with one attached hydrogen (secondary N) is 3. The Bertz CT molecular complexity index is 1440. The second-order valence-electron chi connectivity index (χ2n) is 8.36. The summed E-state index contributed by atoms with van der Waals surface area (Å²) in [5.74, 6) is -2.51. The number of thiazole rings is 1. The van der Waals surface area contributed by atoms with E-state index in [1.165, 1.54) is 11.3 Å². The molecule has 192 valence electrons. The molecule has 1 aromatic heterocycles. The van der Waals surface area contributed by atoms with Crippen molar-refractivity contribution in [3.05, 3.63) is 102 Å². The number of hydrogen-bond acceptors (Lipinski definition) is 7. The summed E-state index contributed by atoms with van der Waals surface area (Å²) in [5.41, 5.74) is 2.40. The molecule has 0 aliphatic carbocycles. The first-order valence-corrected chi connectivity index (χ1v) is 12.8. The summed E-state index contributed by atoms with van der Waals surface area (Å²) in [7, 11) is 0. The number of hydrogen-bond donors (Lipinski definition) is 3. The van der Waals surface area contributed by atoms with Gasteiger partial charge in [-0.05, 0) is 41.8 Å². The van der Waals surface area contributed by atoms with E-state index in [1.807, 2.05) is 54.6 Å². The Morgan fingerprint density at radius 1 is 0.947 bits per heavy atom. The fourth-order valence-corrected chi connectivity index (χ4v) is 4.48. The molecule has 4 aromatic rings. The number of carbonyl (C=O) groups is 3. The second-order valence-corrected chi connectivity index (χ2v) is 9.39. The van der Waals surface area contributed by atoms with E-state index in [0.29, 0.717) is 16.4 Å². The number of benzene rings is 3. The van der Waals surface area contributed by atoms with Crippen LogP contribution in [0, 0.1) is 11.3 Å². The molecule has 0 saturated carbocycles. The van der Waals surface area contributed by atoms with Crippen LogP contribution in [0.25, 0.3) is 10.4 Å². The fraction of sp³-hybridized carbons (Fsp3) is 0.138. The molecule has 0 fully saturated rings. The fourth-order valence-electron chi connectivity index (χ4n) is 3.66. The maximum Gasteiger partial charge on any atom is 0.353 e. The third kappa shape index (κ3) is 6.77. The molecule has 0 saturated heterocycles. The maximum atomic E-state index is 12.9.